The number of rotatable bonds is 24. The lowest BCUT2D eigenvalue weighted by atomic mass is 9.51. The first-order chi connectivity index (χ1) is 25.8. The highest BCUT2D eigenvalue weighted by Gasteiger charge is 2.51. The molecule has 3 aliphatic carbocycles. The summed E-state index contributed by atoms with van der Waals surface area (Å²) in [6.07, 6.45) is 6.22. The predicted octanol–water partition coefficient (Wildman–Crippen LogP) is 6.31. The minimum absolute atomic E-state index is 0.00274. The molecule has 286 valence electrons. The van der Waals surface area contributed by atoms with Crippen LogP contribution in [-0.4, -0.2) is 102 Å². The molecule has 2 bridgehead atoms. The SMILES string of the molecule is CN(C)CCOCCOCCOCCN(C)C(=O)CCC12c3ccccc3C(c3ccc(N=O)cc31)c1ccc(NC(=O)CCCCCCCN)cc12. The van der Waals surface area contributed by atoms with Crippen LogP contribution in [0.2, 0.25) is 0 Å². The fraction of sp³-hybridized carbons (Fsp3) is 0.524. The normalized spacial score (nSPS) is 16.6. The van der Waals surface area contributed by atoms with Gasteiger partial charge in [0, 0.05) is 50.0 Å². The highest BCUT2D eigenvalue weighted by molar-refractivity contribution is 5.91. The number of carbonyl (C=O) groups excluding carboxylic acids is 2. The zero-order chi connectivity index (χ0) is 37.6. The number of carbonyl (C=O) groups is 2. The van der Waals surface area contributed by atoms with E-state index in [1.807, 2.05) is 38.4 Å². The van der Waals surface area contributed by atoms with E-state index in [-0.39, 0.29) is 24.2 Å². The number of benzene rings is 3. The van der Waals surface area contributed by atoms with Crippen LogP contribution in [0.3, 0.4) is 0 Å². The molecule has 0 saturated carbocycles. The Morgan fingerprint density at radius 2 is 1.36 bits per heavy atom. The van der Waals surface area contributed by atoms with E-state index in [0.29, 0.717) is 71.3 Å². The van der Waals surface area contributed by atoms with Crippen LogP contribution in [0.4, 0.5) is 11.4 Å². The van der Waals surface area contributed by atoms with Crippen molar-refractivity contribution in [3.8, 4) is 0 Å². The van der Waals surface area contributed by atoms with E-state index >= 15 is 0 Å². The third-order valence-electron chi connectivity index (χ3n) is 10.5. The van der Waals surface area contributed by atoms with Gasteiger partial charge in [0.1, 0.15) is 5.69 Å². The summed E-state index contributed by atoms with van der Waals surface area (Å²) >= 11 is 0. The van der Waals surface area contributed by atoms with Gasteiger partial charge in [-0.15, -0.1) is 4.91 Å². The molecule has 3 aromatic rings. The van der Waals surface area contributed by atoms with E-state index in [1.54, 1.807) is 18.0 Å². The van der Waals surface area contributed by atoms with E-state index in [2.05, 4.69) is 45.7 Å². The smallest absolute Gasteiger partial charge is 0.224 e. The Kier molecular flexibility index (Phi) is 15.1. The first-order valence-corrected chi connectivity index (χ1v) is 19.1. The monoisotopic (exact) mass is 727 g/mol. The molecule has 53 heavy (non-hydrogen) atoms. The minimum Gasteiger partial charge on any atom is -0.378 e. The molecule has 11 heteroatoms. The van der Waals surface area contributed by atoms with Crippen LogP contribution in [0.15, 0.2) is 65.8 Å². The van der Waals surface area contributed by atoms with Crippen LogP contribution in [0.25, 0.3) is 0 Å². The van der Waals surface area contributed by atoms with Gasteiger partial charge in [0.25, 0.3) is 0 Å². The van der Waals surface area contributed by atoms with Gasteiger partial charge in [-0.2, -0.15) is 0 Å². The Morgan fingerprint density at radius 1 is 0.736 bits per heavy atom. The second kappa shape index (κ2) is 19.9. The van der Waals surface area contributed by atoms with Crippen molar-refractivity contribution in [2.75, 3.05) is 85.7 Å². The largest absolute Gasteiger partial charge is 0.378 e. The van der Waals surface area contributed by atoms with Gasteiger partial charge in [0.15, 0.2) is 0 Å². The number of nitrogens with zero attached hydrogens (tertiary/aromatic N) is 3. The summed E-state index contributed by atoms with van der Waals surface area (Å²) in [7, 11) is 5.83. The summed E-state index contributed by atoms with van der Waals surface area (Å²) < 4.78 is 16.9. The van der Waals surface area contributed by atoms with Crippen LogP contribution < -0.4 is 11.1 Å². The predicted molar refractivity (Wildman–Crippen MR) is 209 cm³/mol. The maximum Gasteiger partial charge on any atom is 0.224 e. The fourth-order valence-electron chi connectivity index (χ4n) is 7.74. The number of nitrogens with two attached hydrogens (primary N) is 1. The maximum absolute atomic E-state index is 13.7. The molecule has 2 amide bonds. The lowest BCUT2D eigenvalue weighted by Crippen LogP contribution is -2.43. The van der Waals surface area contributed by atoms with Crippen molar-refractivity contribution in [3.63, 3.8) is 0 Å². The van der Waals surface area contributed by atoms with Crippen molar-refractivity contribution in [2.24, 2.45) is 10.9 Å². The molecular formula is C42H57N5O6. The topological polar surface area (TPSA) is 136 Å². The third-order valence-corrected chi connectivity index (χ3v) is 10.5. The molecule has 11 nitrogen and oxygen atoms in total. The van der Waals surface area contributed by atoms with Gasteiger partial charge in [-0.3, -0.25) is 9.59 Å². The number of nitroso groups, excluding NO2 is 1. The van der Waals surface area contributed by atoms with Crippen molar-refractivity contribution in [1.29, 1.82) is 0 Å². The van der Waals surface area contributed by atoms with Crippen molar-refractivity contribution in [1.82, 2.24) is 9.80 Å². The molecule has 0 spiro atoms. The van der Waals surface area contributed by atoms with E-state index < -0.39 is 5.41 Å². The molecule has 0 heterocycles. The number of ether oxygens (including phenoxy) is 3. The van der Waals surface area contributed by atoms with Gasteiger partial charge < -0.3 is 35.1 Å². The molecule has 3 aromatic carbocycles. The van der Waals surface area contributed by atoms with E-state index in [1.165, 1.54) is 5.56 Å². The van der Waals surface area contributed by atoms with Crippen molar-refractivity contribution in [3.05, 3.63) is 99.0 Å². The zero-order valence-electron chi connectivity index (χ0n) is 31.7. The molecule has 0 radical (unpaired) electrons. The molecular weight excluding hydrogens is 670 g/mol. The van der Waals surface area contributed by atoms with E-state index in [9.17, 15) is 14.5 Å². The number of hydrogen-bond donors (Lipinski definition) is 2. The lowest BCUT2D eigenvalue weighted by molar-refractivity contribution is -0.131. The first-order valence-electron chi connectivity index (χ1n) is 19.1. The van der Waals surface area contributed by atoms with Gasteiger partial charge in [-0.25, -0.2) is 0 Å². The van der Waals surface area contributed by atoms with Crippen molar-refractivity contribution < 1.29 is 23.8 Å². The Balaban J connectivity index is 1.27. The summed E-state index contributed by atoms with van der Waals surface area (Å²) in [5, 5.41) is 6.45. The summed E-state index contributed by atoms with van der Waals surface area (Å²) in [5.74, 6) is -0.0441. The second-order valence-corrected chi connectivity index (χ2v) is 14.4. The summed E-state index contributed by atoms with van der Waals surface area (Å²) in [5.41, 5.74) is 12.6. The molecule has 0 aliphatic heterocycles. The van der Waals surface area contributed by atoms with Crippen molar-refractivity contribution >= 4 is 23.2 Å². The van der Waals surface area contributed by atoms with Gasteiger partial charge in [0.2, 0.25) is 11.8 Å². The Bertz CT molecular complexity index is 1680. The van der Waals surface area contributed by atoms with Crippen LogP contribution in [0.1, 0.15) is 90.7 Å². The van der Waals surface area contributed by atoms with Crippen LogP contribution in [-0.2, 0) is 29.2 Å². The Labute approximate surface area is 314 Å². The Hall–Kier alpha value is -4.00. The quantitative estimate of drug-likeness (QED) is 0.0810. The highest BCUT2D eigenvalue weighted by Crippen LogP contribution is 2.61. The molecule has 3 N–H and O–H groups in total. The number of likely N-dealkylation sites (N-methyl/N-ethyl adjacent to an activating group) is 2. The van der Waals surface area contributed by atoms with Crippen LogP contribution in [0.5, 0.6) is 0 Å². The second-order valence-electron chi connectivity index (χ2n) is 14.4. The zero-order valence-corrected chi connectivity index (χ0v) is 31.7. The average molecular weight is 728 g/mol. The Morgan fingerprint density at radius 3 is 2.08 bits per heavy atom. The molecule has 0 fully saturated rings. The standard InChI is InChI=1S/C42H57N5O6/c1-46(2)21-23-51-25-27-53-28-26-52-24-22-47(3)40(49)18-19-42-36-12-9-8-11-33(36)41(35-17-15-32(45-50)30-38(35)42)34-16-14-31(29-37(34)42)44-39(48)13-7-5-4-6-10-20-43/h8-9,11-12,14-17,29-30,41H,4-7,10,13,18-28,43H2,1-3H3,(H,44,48). The summed E-state index contributed by atoms with van der Waals surface area (Å²) in [4.78, 5) is 42.4. The van der Waals surface area contributed by atoms with Gasteiger partial charge in [0.05, 0.1) is 39.6 Å². The van der Waals surface area contributed by atoms with Gasteiger partial charge >= 0.3 is 0 Å². The summed E-state index contributed by atoms with van der Waals surface area (Å²) in [6, 6.07) is 20.3. The minimum atomic E-state index is -0.721. The number of unbranched alkanes of at least 4 members (excludes halogenated alkanes) is 4. The lowest BCUT2D eigenvalue weighted by Gasteiger charge is -2.51. The number of nitrogens with one attached hydrogen (secondary N) is 1. The molecule has 2 atom stereocenters. The summed E-state index contributed by atoms with van der Waals surface area (Å²) in [6.45, 7) is 5.07. The molecule has 0 saturated heterocycles. The fourth-order valence-corrected chi connectivity index (χ4v) is 7.74. The number of hydrogen-bond acceptors (Lipinski definition) is 9. The average Bonchev–Trinajstić information content (AvgIpc) is 3.16. The number of amides is 2. The van der Waals surface area contributed by atoms with Crippen LogP contribution in [0, 0.1) is 4.91 Å². The van der Waals surface area contributed by atoms with Crippen molar-refractivity contribution in [2.45, 2.75) is 62.7 Å². The van der Waals surface area contributed by atoms with Gasteiger partial charge in [-0.1, -0.05) is 55.7 Å². The van der Waals surface area contributed by atoms with Crippen LogP contribution >= 0.6 is 0 Å². The number of anilines is 1. The molecule has 6 rings (SSSR count). The molecule has 3 aliphatic rings. The van der Waals surface area contributed by atoms with Gasteiger partial charge in [-0.05, 0) is 103 Å². The highest BCUT2D eigenvalue weighted by atomic mass is 16.5. The first kappa shape index (κ1) is 40.2. The maximum atomic E-state index is 13.7. The third kappa shape index (κ3) is 9.96. The van der Waals surface area contributed by atoms with E-state index in [0.717, 1.165) is 72.2 Å². The molecule has 0 aromatic heterocycles. The van der Waals surface area contributed by atoms with E-state index in [4.69, 9.17) is 19.9 Å². The molecule has 2 unspecified atom stereocenters.